The predicted molar refractivity (Wildman–Crippen MR) is 67.6 cm³/mol. The molecule has 6 nitrogen and oxygen atoms in total. The van der Waals surface area contributed by atoms with Crippen molar-refractivity contribution in [1.29, 1.82) is 0 Å². The normalized spacial score (nSPS) is 11.2. The Hall–Kier alpha value is -2.50. The van der Waals surface area contributed by atoms with E-state index in [0.717, 1.165) is 5.56 Å². The van der Waals surface area contributed by atoms with Crippen molar-refractivity contribution in [2.24, 2.45) is 7.05 Å². The fraction of sp³-hybridized carbons (Fsp3) is 0.167. The Morgan fingerprint density at radius 2 is 1.94 bits per heavy atom. The summed E-state index contributed by atoms with van der Waals surface area (Å²) in [6.45, 7) is 1.95. The molecule has 6 heteroatoms. The minimum Gasteiger partial charge on any atom is -0.279 e. The van der Waals surface area contributed by atoms with Gasteiger partial charge in [-0.2, -0.15) is 0 Å². The Labute approximate surface area is 101 Å². The molecule has 18 heavy (non-hydrogen) atoms. The number of rotatable bonds is 0. The van der Waals surface area contributed by atoms with Crippen LogP contribution in [0.3, 0.4) is 0 Å². The SMILES string of the molecule is Cc1ccc2nc3c(=O)[nH]c(=O)n(C)c3nc2c1. The number of H-pyrrole nitrogens is 1. The van der Waals surface area contributed by atoms with Crippen LogP contribution in [0.4, 0.5) is 0 Å². The Morgan fingerprint density at radius 1 is 1.17 bits per heavy atom. The molecule has 0 saturated heterocycles. The number of benzene rings is 1. The highest BCUT2D eigenvalue weighted by molar-refractivity contribution is 5.84. The summed E-state index contributed by atoms with van der Waals surface area (Å²) in [5.74, 6) is 0. The lowest BCUT2D eigenvalue weighted by Gasteiger charge is -2.04. The molecule has 2 heterocycles. The molecule has 3 aromatic rings. The molecule has 0 radical (unpaired) electrons. The molecule has 0 atom stereocenters. The second kappa shape index (κ2) is 3.49. The van der Waals surface area contributed by atoms with Crippen molar-refractivity contribution in [2.45, 2.75) is 6.92 Å². The van der Waals surface area contributed by atoms with Crippen LogP contribution < -0.4 is 11.2 Å². The van der Waals surface area contributed by atoms with Crippen molar-refractivity contribution >= 4 is 22.2 Å². The monoisotopic (exact) mass is 242 g/mol. The van der Waals surface area contributed by atoms with Crippen LogP contribution in [0, 0.1) is 6.92 Å². The minimum atomic E-state index is -0.511. The average molecular weight is 242 g/mol. The lowest BCUT2D eigenvalue weighted by atomic mass is 10.2. The molecule has 0 unspecified atom stereocenters. The number of fused-ring (bicyclic) bond motifs is 2. The van der Waals surface area contributed by atoms with E-state index in [1.165, 1.54) is 4.57 Å². The molecule has 0 aliphatic heterocycles. The molecule has 3 rings (SSSR count). The van der Waals surface area contributed by atoms with Crippen molar-refractivity contribution < 1.29 is 0 Å². The third-order valence-electron chi connectivity index (χ3n) is 2.86. The number of aromatic amines is 1. The minimum absolute atomic E-state index is 0.174. The van der Waals surface area contributed by atoms with E-state index in [9.17, 15) is 9.59 Å². The van der Waals surface area contributed by atoms with Crippen LogP contribution in [-0.4, -0.2) is 19.5 Å². The smallest absolute Gasteiger partial charge is 0.279 e. The molecule has 1 aromatic carbocycles. The molecule has 0 spiro atoms. The maximum Gasteiger partial charge on any atom is 0.329 e. The van der Waals surface area contributed by atoms with Gasteiger partial charge in [-0.25, -0.2) is 14.8 Å². The van der Waals surface area contributed by atoms with Gasteiger partial charge < -0.3 is 0 Å². The number of aromatic nitrogens is 4. The fourth-order valence-corrected chi connectivity index (χ4v) is 1.88. The van der Waals surface area contributed by atoms with Gasteiger partial charge in [0.25, 0.3) is 5.56 Å². The third kappa shape index (κ3) is 1.42. The largest absolute Gasteiger partial charge is 0.329 e. The quantitative estimate of drug-likeness (QED) is 0.581. The second-order valence-corrected chi connectivity index (χ2v) is 4.21. The first kappa shape index (κ1) is 10.6. The number of aryl methyl sites for hydroxylation is 2. The molecule has 0 aliphatic rings. The molecule has 0 fully saturated rings. The van der Waals surface area contributed by atoms with Gasteiger partial charge in [0.1, 0.15) is 0 Å². The van der Waals surface area contributed by atoms with Crippen molar-refractivity contribution in [3.05, 3.63) is 44.6 Å². The van der Waals surface area contributed by atoms with Crippen LogP contribution in [0.2, 0.25) is 0 Å². The summed E-state index contributed by atoms with van der Waals surface area (Å²) >= 11 is 0. The van der Waals surface area contributed by atoms with Crippen molar-refractivity contribution in [2.75, 3.05) is 0 Å². The maximum absolute atomic E-state index is 11.7. The zero-order chi connectivity index (χ0) is 12.9. The van der Waals surface area contributed by atoms with E-state index < -0.39 is 11.2 Å². The van der Waals surface area contributed by atoms with Crippen molar-refractivity contribution in [1.82, 2.24) is 19.5 Å². The van der Waals surface area contributed by atoms with E-state index in [-0.39, 0.29) is 5.52 Å². The fourth-order valence-electron chi connectivity index (χ4n) is 1.88. The lowest BCUT2D eigenvalue weighted by molar-refractivity contribution is 0.827. The van der Waals surface area contributed by atoms with E-state index in [2.05, 4.69) is 15.0 Å². The third-order valence-corrected chi connectivity index (χ3v) is 2.86. The molecule has 0 saturated carbocycles. The van der Waals surface area contributed by atoms with E-state index in [4.69, 9.17) is 0 Å². The molecular formula is C12H10N4O2. The Bertz CT molecular complexity index is 892. The first-order valence-corrected chi connectivity index (χ1v) is 5.44. The summed E-state index contributed by atoms with van der Waals surface area (Å²) in [5, 5.41) is 0. The first-order valence-electron chi connectivity index (χ1n) is 5.44. The zero-order valence-corrected chi connectivity index (χ0v) is 9.89. The van der Waals surface area contributed by atoms with Gasteiger partial charge in [-0.15, -0.1) is 0 Å². The molecule has 90 valence electrons. The van der Waals surface area contributed by atoms with Crippen LogP contribution in [0.25, 0.3) is 22.2 Å². The summed E-state index contributed by atoms with van der Waals surface area (Å²) in [4.78, 5) is 34.0. The van der Waals surface area contributed by atoms with Crippen LogP contribution in [-0.2, 0) is 7.05 Å². The highest BCUT2D eigenvalue weighted by Gasteiger charge is 2.09. The average Bonchev–Trinajstić information content (AvgIpc) is 2.34. The van der Waals surface area contributed by atoms with Gasteiger partial charge in [0.2, 0.25) is 0 Å². The number of hydrogen-bond donors (Lipinski definition) is 1. The van der Waals surface area contributed by atoms with E-state index >= 15 is 0 Å². The Balaban J connectivity index is 2.61. The van der Waals surface area contributed by atoms with E-state index in [1.54, 1.807) is 7.05 Å². The lowest BCUT2D eigenvalue weighted by Crippen LogP contribution is -2.29. The van der Waals surface area contributed by atoms with Crippen LogP contribution in [0.5, 0.6) is 0 Å². The van der Waals surface area contributed by atoms with Gasteiger partial charge in [-0.3, -0.25) is 14.3 Å². The van der Waals surface area contributed by atoms with Gasteiger partial charge in [-0.05, 0) is 24.6 Å². The molecule has 0 bridgehead atoms. The second-order valence-electron chi connectivity index (χ2n) is 4.21. The summed E-state index contributed by atoms with van der Waals surface area (Å²) in [5.41, 5.74) is 1.82. The van der Waals surface area contributed by atoms with E-state index in [0.29, 0.717) is 16.7 Å². The molecule has 0 aliphatic carbocycles. The Kier molecular flexibility index (Phi) is 2.07. The van der Waals surface area contributed by atoms with Gasteiger partial charge in [0, 0.05) is 7.05 Å². The van der Waals surface area contributed by atoms with Gasteiger partial charge in [0.15, 0.2) is 11.2 Å². The van der Waals surface area contributed by atoms with Gasteiger partial charge in [-0.1, -0.05) is 6.07 Å². The highest BCUT2D eigenvalue weighted by Crippen LogP contribution is 2.13. The molecular weight excluding hydrogens is 232 g/mol. The van der Waals surface area contributed by atoms with E-state index in [1.807, 2.05) is 25.1 Å². The number of hydrogen-bond acceptors (Lipinski definition) is 4. The standard InChI is InChI=1S/C12H10N4O2/c1-6-3-4-7-8(5-6)14-10-9(13-7)11(17)15-12(18)16(10)2/h3-5H,1-2H3,(H,15,17,18). The van der Waals surface area contributed by atoms with Crippen molar-refractivity contribution in [3.8, 4) is 0 Å². The summed E-state index contributed by atoms with van der Waals surface area (Å²) in [6.07, 6.45) is 0. The zero-order valence-electron chi connectivity index (χ0n) is 9.89. The number of nitrogens with one attached hydrogen (secondary N) is 1. The maximum atomic E-state index is 11.7. The van der Waals surface area contributed by atoms with Crippen molar-refractivity contribution in [3.63, 3.8) is 0 Å². The number of nitrogens with zero attached hydrogens (tertiary/aromatic N) is 3. The molecule has 0 amide bonds. The summed E-state index contributed by atoms with van der Waals surface area (Å²) in [7, 11) is 1.55. The van der Waals surface area contributed by atoms with Gasteiger partial charge in [0.05, 0.1) is 11.0 Å². The van der Waals surface area contributed by atoms with Gasteiger partial charge >= 0.3 is 5.69 Å². The topological polar surface area (TPSA) is 80.6 Å². The highest BCUT2D eigenvalue weighted by atomic mass is 16.2. The molecule has 1 N–H and O–H groups in total. The molecule has 2 aromatic heterocycles. The van der Waals surface area contributed by atoms with Crippen LogP contribution in [0.1, 0.15) is 5.56 Å². The first-order chi connectivity index (χ1) is 8.56. The van der Waals surface area contributed by atoms with Crippen LogP contribution >= 0.6 is 0 Å². The predicted octanol–water partition coefficient (Wildman–Crippen LogP) is 0.478. The Morgan fingerprint density at radius 3 is 2.72 bits per heavy atom. The summed E-state index contributed by atoms with van der Waals surface area (Å²) < 4.78 is 1.28. The van der Waals surface area contributed by atoms with Crippen LogP contribution in [0.15, 0.2) is 27.8 Å². The summed E-state index contributed by atoms with van der Waals surface area (Å²) in [6, 6.07) is 5.58.